The first-order valence-corrected chi connectivity index (χ1v) is 14.5. The van der Waals surface area contributed by atoms with Crippen LogP contribution < -0.4 is 11.1 Å². The molecule has 4 N–H and O–H groups in total. The van der Waals surface area contributed by atoms with Crippen molar-refractivity contribution in [2.24, 2.45) is 23.5 Å². The van der Waals surface area contributed by atoms with E-state index in [1.807, 2.05) is 17.8 Å². The Hall–Kier alpha value is -3.30. The van der Waals surface area contributed by atoms with Crippen molar-refractivity contribution in [1.82, 2.24) is 40.2 Å². The summed E-state index contributed by atoms with van der Waals surface area (Å²) >= 11 is 1.36. The SMILES string of the molecule is C[C@@H](NC(=O)Cn1cnnn1)[C@H]1C(=O)N2C(C(=O)O)=C(Sc3cnn(CC4CC[N+](C)(CCN)CC4)c3)[C@H](C)[C@H]12. The predicted octanol–water partition coefficient (Wildman–Crippen LogP) is -0.245. The fourth-order valence-corrected chi connectivity index (χ4v) is 7.45. The first-order chi connectivity index (χ1) is 19.1. The molecular formula is C25H37N10O4S+. The number of nitrogens with zero attached hydrogens (tertiary/aromatic N) is 8. The fourth-order valence-electron chi connectivity index (χ4n) is 6.32. The summed E-state index contributed by atoms with van der Waals surface area (Å²) in [4.78, 5) is 40.8. The summed E-state index contributed by atoms with van der Waals surface area (Å²) < 4.78 is 4.26. The van der Waals surface area contributed by atoms with Gasteiger partial charge in [0.2, 0.25) is 11.8 Å². The van der Waals surface area contributed by atoms with Gasteiger partial charge in [0.1, 0.15) is 18.6 Å². The van der Waals surface area contributed by atoms with Crippen LogP contribution in [0.5, 0.6) is 0 Å². The lowest BCUT2D eigenvalue weighted by Gasteiger charge is -2.47. The Kier molecular flexibility index (Phi) is 7.97. The van der Waals surface area contributed by atoms with Gasteiger partial charge in [-0.2, -0.15) is 5.10 Å². The van der Waals surface area contributed by atoms with Gasteiger partial charge in [-0.15, -0.1) is 5.10 Å². The fraction of sp³-hybridized carbons (Fsp3) is 0.640. The van der Waals surface area contributed by atoms with Crippen LogP contribution in [-0.2, 0) is 27.5 Å². The minimum absolute atomic E-state index is 0.0213. The highest BCUT2D eigenvalue weighted by atomic mass is 32.2. The Bertz CT molecular complexity index is 1290. The molecule has 0 unspecified atom stereocenters. The Morgan fingerprint density at radius 3 is 2.70 bits per heavy atom. The number of thioether (sulfide) groups is 1. The number of quaternary nitrogens is 1. The van der Waals surface area contributed by atoms with Crippen LogP contribution in [0.2, 0.25) is 0 Å². The van der Waals surface area contributed by atoms with Crippen molar-refractivity contribution in [2.75, 3.05) is 33.2 Å². The van der Waals surface area contributed by atoms with E-state index in [9.17, 15) is 19.5 Å². The second-order valence-corrected chi connectivity index (χ2v) is 12.5. The molecule has 0 saturated carbocycles. The number of β-lactam (4-membered cyclic amide) rings is 1. The molecule has 2 aromatic heterocycles. The number of fused-ring (bicyclic) bond motifs is 1. The highest BCUT2D eigenvalue weighted by Gasteiger charge is 2.60. The van der Waals surface area contributed by atoms with Crippen LogP contribution in [0.4, 0.5) is 0 Å². The zero-order valence-corrected chi connectivity index (χ0v) is 23.8. The number of piperidine rings is 1. The van der Waals surface area contributed by atoms with E-state index < -0.39 is 17.9 Å². The van der Waals surface area contributed by atoms with Crippen molar-refractivity contribution in [3.8, 4) is 0 Å². The van der Waals surface area contributed by atoms with Crippen LogP contribution in [0, 0.1) is 17.8 Å². The van der Waals surface area contributed by atoms with Crippen molar-refractivity contribution < 1.29 is 24.0 Å². The molecule has 0 bridgehead atoms. The van der Waals surface area contributed by atoms with E-state index in [-0.39, 0.29) is 36.0 Å². The van der Waals surface area contributed by atoms with Crippen LogP contribution in [0.15, 0.2) is 34.2 Å². The van der Waals surface area contributed by atoms with Crippen LogP contribution in [-0.4, -0.2) is 108 Å². The number of amides is 2. The van der Waals surface area contributed by atoms with Gasteiger partial charge in [0, 0.05) is 53.9 Å². The summed E-state index contributed by atoms with van der Waals surface area (Å²) in [5.41, 5.74) is 5.81. The van der Waals surface area contributed by atoms with Gasteiger partial charge in [0.15, 0.2) is 0 Å². The highest BCUT2D eigenvalue weighted by Crippen LogP contribution is 2.51. The van der Waals surface area contributed by atoms with E-state index in [2.05, 4.69) is 33.0 Å². The van der Waals surface area contributed by atoms with E-state index in [4.69, 9.17) is 5.73 Å². The molecule has 2 aromatic rings. The van der Waals surface area contributed by atoms with E-state index in [0.717, 1.165) is 48.4 Å². The van der Waals surface area contributed by atoms with E-state index in [1.54, 1.807) is 13.1 Å². The number of carboxylic acids is 1. The van der Waals surface area contributed by atoms with E-state index >= 15 is 0 Å². The van der Waals surface area contributed by atoms with Crippen molar-refractivity contribution in [3.05, 3.63) is 29.3 Å². The number of aliphatic carboxylic acids is 1. The van der Waals surface area contributed by atoms with Crippen molar-refractivity contribution in [1.29, 1.82) is 0 Å². The molecule has 0 spiro atoms. The second-order valence-electron chi connectivity index (χ2n) is 11.4. The largest absolute Gasteiger partial charge is 0.477 e. The number of aromatic nitrogens is 6. The summed E-state index contributed by atoms with van der Waals surface area (Å²) in [6.07, 6.45) is 7.30. The van der Waals surface area contributed by atoms with Gasteiger partial charge in [-0.1, -0.05) is 18.7 Å². The summed E-state index contributed by atoms with van der Waals surface area (Å²) in [5.74, 6) is -1.96. The normalized spacial score (nSPS) is 28.8. The van der Waals surface area contributed by atoms with Gasteiger partial charge in [-0.05, 0) is 23.3 Å². The number of nitrogens with one attached hydrogen (secondary N) is 1. The van der Waals surface area contributed by atoms with Gasteiger partial charge < -0.3 is 25.5 Å². The number of hydrogen-bond acceptors (Lipinski definition) is 9. The Morgan fingerprint density at radius 1 is 1.30 bits per heavy atom. The molecule has 15 heteroatoms. The molecule has 2 fully saturated rings. The Balaban J connectivity index is 1.22. The van der Waals surface area contributed by atoms with Crippen LogP contribution in [0.3, 0.4) is 0 Å². The third-order valence-corrected chi connectivity index (χ3v) is 9.75. The zero-order chi connectivity index (χ0) is 28.6. The molecule has 5 rings (SSSR count). The van der Waals surface area contributed by atoms with Gasteiger partial charge >= 0.3 is 5.97 Å². The maximum atomic E-state index is 13.2. The number of carboxylic acid groups (broad SMARTS) is 1. The monoisotopic (exact) mass is 573 g/mol. The zero-order valence-electron chi connectivity index (χ0n) is 23.0. The van der Waals surface area contributed by atoms with Gasteiger partial charge in [-0.3, -0.25) is 14.3 Å². The number of tetrazole rings is 1. The van der Waals surface area contributed by atoms with Crippen LogP contribution >= 0.6 is 11.8 Å². The minimum Gasteiger partial charge on any atom is -0.477 e. The maximum Gasteiger partial charge on any atom is 0.353 e. The van der Waals surface area contributed by atoms with Crippen molar-refractivity contribution >= 4 is 29.5 Å². The first-order valence-electron chi connectivity index (χ1n) is 13.6. The molecule has 216 valence electrons. The van der Waals surface area contributed by atoms with Crippen LogP contribution in [0.25, 0.3) is 0 Å². The topological polar surface area (TPSA) is 174 Å². The Morgan fingerprint density at radius 2 is 2.05 bits per heavy atom. The lowest BCUT2D eigenvalue weighted by molar-refractivity contribution is -0.913. The lowest BCUT2D eigenvalue weighted by atomic mass is 9.78. The van der Waals surface area contributed by atoms with E-state index in [0.29, 0.717) is 17.4 Å². The van der Waals surface area contributed by atoms with Crippen LogP contribution in [0.1, 0.15) is 26.7 Å². The third-order valence-electron chi connectivity index (χ3n) is 8.52. The van der Waals surface area contributed by atoms with Gasteiger partial charge in [0.05, 0.1) is 44.8 Å². The smallest absolute Gasteiger partial charge is 0.353 e. The average Bonchev–Trinajstić information content (AvgIpc) is 3.61. The summed E-state index contributed by atoms with van der Waals surface area (Å²) in [6.45, 7) is 8.38. The van der Waals surface area contributed by atoms with Gasteiger partial charge in [-0.25, -0.2) is 9.48 Å². The molecule has 2 saturated heterocycles. The highest BCUT2D eigenvalue weighted by molar-refractivity contribution is 8.03. The predicted molar refractivity (Wildman–Crippen MR) is 144 cm³/mol. The Labute approximate surface area is 236 Å². The molecule has 40 heavy (non-hydrogen) atoms. The molecule has 5 heterocycles. The number of carbonyl (C=O) groups excluding carboxylic acids is 2. The quantitative estimate of drug-likeness (QED) is 0.240. The number of likely N-dealkylation sites (tertiary alicyclic amines) is 1. The van der Waals surface area contributed by atoms with Gasteiger partial charge in [0.25, 0.3) is 0 Å². The third kappa shape index (κ3) is 5.49. The molecule has 3 aliphatic rings. The second kappa shape index (κ2) is 11.3. The van der Waals surface area contributed by atoms with E-state index in [1.165, 1.54) is 27.7 Å². The number of carbonyl (C=O) groups is 3. The summed E-state index contributed by atoms with van der Waals surface area (Å²) in [5, 5.41) is 28.2. The molecule has 14 nitrogen and oxygen atoms in total. The average molecular weight is 574 g/mol. The molecule has 0 aromatic carbocycles. The van der Waals surface area contributed by atoms with Crippen molar-refractivity contribution in [2.45, 2.75) is 56.8 Å². The number of nitrogens with two attached hydrogens (primary N) is 1. The number of hydrogen-bond donors (Lipinski definition) is 3. The summed E-state index contributed by atoms with van der Waals surface area (Å²) in [6, 6.07) is -0.828. The number of likely N-dealkylation sites (N-methyl/N-ethyl adjacent to an activating group) is 1. The molecule has 4 atom stereocenters. The standard InChI is InChI=1S/C25H36N10O4S/c1-15-21-20(16(2)29-19(36)13-33-14-27-30-31-33)24(37)34(21)22(25(38)39)23(15)40-18-10-28-32(12-18)11-17-4-7-35(3,8-5-17)9-6-26/h10,12,14-17,20-21H,4-9,11,13,26H2,1-3H3,(H-,29,36,38,39)/p+1/t15-,16-,17?,20-,21-,35?/m1/s1. The minimum atomic E-state index is -1.13. The molecule has 0 radical (unpaired) electrons. The first kappa shape index (κ1) is 28.2. The molecule has 2 amide bonds. The maximum absolute atomic E-state index is 13.2. The van der Waals surface area contributed by atoms with Crippen molar-refractivity contribution in [3.63, 3.8) is 0 Å². The molecular weight excluding hydrogens is 536 g/mol. The molecule has 3 aliphatic heterocycles. The number of rotatable bonds is 11. The summed E-state index contributed by atoms with van der Waals surface area (Å²) in [7, 11) is 2.27. The molecule has 0 aliphatic carbocycles. The lowest BCUT2D eigenvalue weighted by Crippen LogP contribution is -2.66.